The van der Waals surface area contributed by atoms with Gasteiger partial charge in [-0.25, -0.2) is 0 Å². The van der Waals surface area contributed by atoms with Gasteiger partial charge in [0.1, 0.15) is 0 Å². The SMILES string of the molecule is C1CCNC1.[Cr+3]. The molecule has 1 heterocycles. The Bertz CT molecular complexity index is 19.1. The molecule has 6 heavy (non-hydrogen) atoms. The largest absolute Gasteiger partial charge is 3.00 e. The molecule has 0 aromatic heterocycles. The monoisotopic (exact) mass is 123 g/mol. The average Bonchev–Trinajstić information content (AvgIpc) is 1.76. The van der Waals surface area contributed by atoms with Crippen molar-refractivity contribution in [3.63, 3.8) is 0 Å². The van der Waals surface area contributed by atoms with Gasteiger partial charge in [-0.15, -0.1) is 0 Å². The van der Waals surface area contributed by atoms with Crippen LogP contribution in [-0.4, -0.2) is 13.1 Å². The molecule has 2 heteroatoms. The molecule has 0 aliphatic carbocycles. The molecule has 0 atom stereocenters. The summed E-state index contributed by atoms with van der Waals surface area (Å²) in [5.41, 5.74) is 0. The molecule has 0 aromatic rings. The average molecular weight is 123 g/mol. The van der Waals surface area contributed by atoms with E-state index in [1.54, 1.807) is 0 Å². The van der Waals surface area contributed by atoms with Crippen LogP contribution in [0.4, 0.5) is 0 Å². The van der Waals surface area contributed by atoms with Crippen molar-refractivity contribution in [2.45, 2.75) is 12.8 Å². The second-order valence-corrected chi connectivity index (χ2v) is 1.46. The summed E-state index contributed by atoms with van der Waals surface area (Å²) in [6.45, 7) is 2.50. The summed E-state index contributed by atoms with van der Waals surface area (Å²) in [5.74, 6) is 0. The van der Waals surface area contributed by atoms with E-state index in [9.17, 15) is 0 Å². The van der Waals surface area contributed by atoms with Crippen molar-refractivity contribution in [2.24, 2.45) is 0 Å². The molecule has 0 unspecified atom stereocenters. The van der Waals surface area contributed by atoms with Crippen LogP contribution in [0.5, 0.6) is 0 Å². The van der Waals surface area contributed by atoms with Crippen LogP contribution in [0, 0.1) is 0 Å². The molecule has 1 N–H and O–H groups in total. The summed E-state index contributed by atoms with van der Waals surface area (Å²) in [6.07, 6.45) is 2.78. The Kier molecular flexibility index (Phi) is 3.98. The van der Waals surface area contributed by atoms with E-state index in [4.69, 9.17) is 0 Å². The van der Waals surface area contributed by atoms with Crippen molar-refractivity contribution < 1.29 is 17.4 Å². The first-order valence-electron chi connectivity index (χ1n) is 2.21. The fraction of sp³-hybridized carbons (Fsp3) is 1.00. The minimum Gasteiger partial charge on any atom is -0.317 e. The van der Waals surface area contributed by atoms with Gasteiger partial charge in [0.25, 0.3) is 0 Å². The molecule has 0 spiro atoms. The number of rotatable bonds is 0. The van der Waals surface area contributed by atoms with Crippen LogP contribution >= 0.6 is 0 Å². The van der Waals surface area contributed by atoms with E-state index >= 15 is 0 Å². The number of hydrogen-bond acceptors (Lipinski definition) is 1. The zero-order valence-corrected chi connectivity index (χ0v) is 5.01. The van der Waals surface area contributed by atoms with Crippen molar-refractivity contribution in [3.8, 4) is 0 Å². The van der Waals surface area contributed by atoms with Gasteiger partial charge in [0, 0.05) is 0 Å². The maximum Gasteiger partial charge on any atom is 3.00 e. The summed E-state index contributed by atoms with van der Waals surface area (Å²) in [7, 11) is 0. The molecule has 1 saturated heterocycles. The van der Waals surface area contributed by atoms with E-state index < -0.39 is 0 Å². The first-order chi connectivity index (χ1) is 2.50. The second-order valence-electron chi connectivity index (χ2n) is 1.46. The maximum absolute atomic E-state index is 3.22. The van der Waals surface area contributed by atoms with Crippen molar-refractivity contribution >= 4 is 0 Å². The molecular formula is C4H9CrN+3. The van der Waals surface area contributed by atoms with Crippen LogP contribution in [0.3, 0.4) is 0 Å². The second kappa shape index (κ2) is 3.67. The van der Waals surface area contributed by atoms with Gasteiger partial charge in [-0.2, -0.15) is 0 Å². The summed E-state index contributed by atoms with van der Waals surface area (Å²) in [6, 6.07) is 0. The molecule has 33 valence electrons. The van der Waals surface area contributed by atoms with Crippen LogP contribution in [-0.2, 0) is 17.4 Å². The van der Waals surface area contributed by atoms with Crippen LogP contribution in [0.15, 0.2) is 0 Å². The standard InChI is InChI=1S/C4H9N.Cr/c1-2-4-5-3-1;/h5H,1-4H2;/q;+3. The van der Waals surface area contributed by atoms with E-state index in [2.05, 4.69) is 5.32 Å². The predicted octanol–water partition coefficient (Wildman–Crippen LogP) is 0.367. The molecular weight excluding hydrogens is 114 g/mol. The first kappa shape index (κ1) is 6.49. The van der Waals surface area contributed by atoms with Crippen molar-refractivity contribution in [2.75, 3.05) is 13.1 Å². The molecule has 0 amide bonds. The predicted molar refractivity (Wildman–Crippen MR) is 22.1 cm³/mol. The van der Waals surface area contributed by atoms with Crippen LogP contribution in [0.2, 0.25) is 0 Å². The zero-order chi connectivity index (χ0) is 3.54. The third-order valence-corrected chi connectivity index (χ3v) is 0.957. The van der Waals surface area contributed by atoms with Crippen molar-refractivity contribution in [1.82, 2.24) is 5.32 Å². The van der Waals surface area contributed by atoms with Gasteiger partial charge in [-0.05, 0) is 25.9 Å². The molecule has 1 nitrogen and oxygen atoms in total. The van der Waals surface area contributed by atoms with Gasteiger partial charge in [0.2, 0.25) is 0 Å². The minimum atomic E-state index is 0. The van der Waals surface area contributed by atoms with Gasteiger partial charge in [-0.3, -0.25) is 0 Å². The number of nitrogens with one attached hydrogen (secondary N) is 1. The van der Waals surface area contributed by atoms with Gasteiger partial charge >= 0.3 is 17.4 Å². The summed E-state index contributed by atoms with van der Waals surface area (Å²) >= 11 is 0. The molecule has 0 aromatic carbocycles. The molecule has 1 aliphatic rings. The van der Waals surface area contributed by atoms with Crippen molar-refractivity contribution in [1.29, 1.82) is 0 Å². The Balaban J connectivity index is 0.000000250. The molecule has 1 radical (unpaired) electrons. The van der Waals surface area contributed by atoms with Gasteiger partial charge in [-0.1, -0.05) is 0 Å². The van der Waals surface area contributed by atoms with E-state index in [0.717, 1.165) is 0 Å². The molecule has 1 fully saturated rings. The topological polar surface area (TPSA) is 12.0 Å². The van der Waals surface area contributed by atoms with E-state index in [0.29, 0.717) is 0 Å². The van der Waals surface area contributed by atoms with Gasteiger partial charge < -0.3 is 5.32 Å². The minimum absolute atomic E-state index is 0. The molecule has 0 saturated carbocycles. The van der Waals surface area contributed by atoms with Gasteiger partial charge in [0.05, 0.1) is 0 Å². The van der Waals surface area contributed by atoms with Crippen LogP contribution in [0.25, 0.3) is 0 Å². The van der Waals surface area contributed by atoms with Gasteiger partial charge in [0.15, 0.2) is 0 Å². The van der Waals surface area contributed by atoms with E-state index in [1.165, 1.54) is 25.9 Å². The number of hydrogen-bond donors (Lipinski definition) is 1. The fourth-order valence-corrected chi connectivity index (χ4v) is 0.625. The smallest absolute Gasteiger partial charge is 0.317 e. The third-order valence-electron chi connectivity index (χ3n) is 0.957. The first-order valence-corrected chi connectivity index (χ1v) is 2.21. The van der Waals surface area contributed by atoms with E-state index in [1.807, 2.05) is 0 Å². The Morgan fingerprint density at radius 1 is 1.00 bits per heavy atom. The Morgan fingerprint density at radius 3 is 1.67 bits per heavy atom. The summed E-state index contributed by atoms with van der Waals surface area (Å²) in [4.78, 5) is 0. The summed E-state index contributed by atoms with van der Waals surface area (Å²) < 4.78 is 0. The fourth-order valence-electron chi connectivity index (χ4n) is 0.625. The van der Waals surface area contributed by atoms with E-state index in [-0.39, 0.29) is 17.4 Å². The Labute approximate surface area is 49.3 Å². The quantitative estimate of drug-likeness (QED) is 0.490. The summed E-state index contributed by atoms with van der Waals surface area (Å²) in [5, 5.41) is 3.22. The Morgan fingerprint density at radius 2 is 1.50 bits per heavy atom. The molecule has 1 rings (SSSR count). The van der Waals surface area contributed by atoms with Crippen LogP contribution in [0.1, 0.15) is 12.8 Å². The van der Waals surface area contributed by atoms with Crippen LogP contribution < -0.4 is 5.32 Å². The Hall–Kier alpha value is 0.492. The zero-order valence-electron chi connectivity index (χ0n) is 3.74. The normalized spacial score (nSPS) is 20.0. The molecule has 1 aliphatic heterocycles. The maximum atomic E-state index is 3.22. The van der Waals surface area contributed by atoms with Crippen molar-refractivity contribution in [3.05, 3.63) is 0 Å². The molecule has 0 bridgehead atoms. The third kappa shape index (κ3) is 1.82.